The molecule has 5 heteroatoms. The largest absolute Gasteiger partial charge is 0.459 e. The van der Waals surface area contributed by atoms with E-state index in [9.17, 15) is 13.2 Å². The van der Waals surface area contributed by atoms with Gasteiger partial charge in [-0.2, -0.15) is 13.2 Å². The lowest BCUT2D eigenvalue weighted by atomic mass is 9.97. The topological polar surface area (TPSA) is 25.2 Å². The Kier molecular flexibility index (Phi) is 3.58. The van der Waals surface area contributed by atoms with Gasteiger partial charge in [0.15, 0.2) is 5.54 Å². The van der Waals surface area contributed by atoms with Crippen LogP contribution >= 0.6 is 0 Å². The number of nitrogens with one attached hydrogen (secondary N) is 1. The number of rotatable bonds is 4. The van der Waals surface area contributed by atoms with Gasteiger partial charge in [0.1, 0.15) is 11.3 Å². The average molecular weight is 271 g/mol. The standard InChI is InChI=1S/C14H16F3NO/c1-3-8-18-13(2,14(15,16)17)12-9-10-6-4-5-7-11(10)19-12/h4-7,9,18H,3,8H2,1-2H3. The first-order valence-corrected chi connectivity index (χ1v) is 6.19. The number of hydrogen-bond acceptors (Lipinski definition) is 2. The number of furan rings is 1. The highest BCUT2D eigenvalue weighted by atomic mass is 19.4. The number of alkyl halides is 3. The van der Waals surface area contributed by atoms with Crippen LogP contribution < -0.4 is 5.32 Å². The maximum absolute atomic E-state index is 13.3. The fourth-order valence-electron chi connectivity index (χ4n) is 1.93. The third kappa shape index (κ3) is 2.47. The Labute approximate surface area is 109 Å². The minimum absolute atomic E-state index is 0.102. The van der Waals surface area contributed by atoms with Gasteiger partial charge in [0.2, 0.25) is 0 Å². The van der Waals surface area contributed by atoms with Crippen LogP contribution in [0.15, 0.2) is 34.7 Å². The van der Waals surface area contributed by atoms with Crippen LogP contribution in [0.4, 0.5) is 13.2 Å². The van der Waals surface area contributed by atoms with Crippen molar-refractivity contribution in [2.75, 3.05) is 6.54 Å². The normalized spacial score (nSPS) is 15.6. The smallest absolute Gasteiger partial charge is 0.413 e. The van der Waals surface area contributed by atoms with Gasteiger partial charge < -0.3 is 4.42 Å². The minimum Gasteiger partial charge on any atom is -0.459 e. The minimum atomic E-state index is -4.42. The molecule has 1 unspecified atom stereocenters. The van der Waals surface area contributed by atoms with Crippen LogP contribution in [0.2, 0.25) is 0 Å². The van der Waals surface area contributed by atoms with Crippen molar-refractivity contribution in [3.8, 4) is 0 Å². The molecule has 2 nitrogen and oxygen atoms in total. The van der Waals surface area contributed by atoms with E-state index in [1.54, 1.807) is 24.3 Å². The molecule has 1 heterocycles. The molecule has 0 aliphatic rings. The summed E-state index contributed by atoms with van der Waals surface area (Å²) < 4.78 is 45.3. The third-order valence-electron chi connectivity index (χ3n) is 3.21. The fraction of sp³-hybridized carbons (Fsp3) is 0.429. The van der Waals surface area contributed by atoms with Crippen molar-refractivity contribution in [3.05, 3.63) is 36.1 Å². The molecule has 2 aromatic rings. The highest BCUT2D eigenvalue weighted by Crippen LogP contribution is 2.40. The Morgan fingerprint density at radius 2 is 1.89 bits per heavy atom. The summed E-state index contributed by atoms with van der Waals surface area (Å²) >= 11 is 0. The van der Waals surface area contributed by atoms with E-state index >= 15 is 0 Å². The fourth-order valence-corrected chi connectivity index (χ4v) is 1.93. The van der Waals surface area contributed by atoms with Crippen molar-refractivity contribution in [2.45, 2.75) is 32.0 Å². The summed E-state index contributed by atoms with van der Waals surface area (Å²) in [5.41, 5.74) is -1.70. The first kappa shape index (κ1) is 13.9. The predicted molar refractivity (Wildman–Crippen MR) is 67.9 cm³/mol. The average Bonchev–Trinajstić information content (AvgIpc) is 2.78. The molecule has 0 saturated heterocycles. The Hall–Kier alpha value is -1.49. The number of benzene rings is 1. The van der Waals surface area contributed by atoms with Crippen LogP contribution in [-0.2, 0) is 5.54 Å². The van der Waals surface area contributed by atoms with Gasteiger partial charge in [-0.25, -0.2) is 0 Å². The van der Waals surface area contributed by atoms with Gasteiger partial charge in [-0.05, 0) is 32.0 Å². The number of fused-ring (bicyclic) bond motifs is 1. The monoisotopic (exact) mass is 271 g/mol. The highest BCUT2D eigenvalue weighted by Gasteiger charge is 2.54. The quantitative estimate of drug-likeness (QED) is 0.901. The summed E-state index contributed by atoms with van der Waals surface area (Å²) in [6.07, 6.45) is -3.80. The Morgan fingerprint density at radius 3 is 2.47 bits per heavy atom. The highest BCUT2D eigenvalue weighted by molar-refractivity contribution is 5.78. The summed E-state index contributed by atoms with van der Waals surface area (Å²) in [5, 5.41) is 3.22. The Bertz CT molecular complexity index is 528. The first-order chi connectivity index (χ1) is 8.88. The van der Waals surface area contributed by atoms with Crippen LogP contribution in [0, 0.1) is 0 Å². The summed E-state index contributed by atoms with van der Waals surface area (Å²) in [6, 6.07) is 8.35. The molecule has 0 amide bonds. The van der Waals surface area contributed by atoms with Crippen LogP contribution in [0.5, 0.6) is 0 Å². The van der Waals surface area contributed by atoms with Gasteiger partial charge in [-0.3, -0.25) is 5.32 Å². The van der Waals surface area contributed by atoms with Gasteiger partial charge in [0, 0.05) is 5.39 Å². The van der Waals surface area contributed by atoms with E-state index < -0.39 is 11.7 Å². The zero-order valence-corrected chi connectivity index (χ0v) is 10.8. The van der Waals surface area contributed by atoms with Crippen molar-refractivity contribution in [2.24, 2.45) is 0 Å². The van der Waals surface area contributed by atoms with Gasteiger partial charge in [-0.15, -0.1) is 0 Å². The maximum Gasteiger partial charge on any atom is 0.413 e. The lowest BCUT2D eigenvalue weighted by Gasteiger charge is -2.31. The van der Waals surface area contributed by atoms with E-state index in [1.165, 1.54) is 6.07 Å². The molecule has 1 aromatic heterocycles. The van der Waals surface area contributed by atoms with Gasteiger partial charge >= 0.3 is 6.18 Å². The van der Waals surface area contributed by atoms with Crippen molar-refractivity contribution in [1.29, 1.82) is 0 Å². The summed E-state index contributed by atoms with van der Waals surface area (Å²) in [7, 11) is 0. The molecule has 0 aliphatic carbocycles. The SMILES string of the molecule is CCCNC(C)(c1cc2ccccc2o1)C(F)(F)F. The zero-order valence-electron chi connectivity index (χ0n) is 10.8. The van der Waals surface area contributed by atoms with Crippen molar-refractivity contribution in [3.63, 3.8) is 0 Å². The maximum atomic E-state index is 13.3. The van der Waals surface area contributed by atoms with Crippen LogP contribution in [-0.4, -0.2) is 12.7 Å². The third-order valence-corrected chi connectivity index (χ3v) is 3.21. The molecular weight excluding hydrogens is 255 g/mol. The molecule has 0 bridgehead atoms. The summed E-state index contributed by atoms with van der Waals surface area (Å²) in [4.78, 5) is 0. The number of hydrogen-bond donors (Lipinski definition) is 1. The number of halogens is 3. The molecule has 0 radical (unpaired) electrons. The second-order valence-corrected chi connectivity index (χ2v) is 4.70. The predicted octanol–water partition coefficient (Wildman–Crippen LogP) is 4.21. The first-order valence-electron chi connectivity index (χ1n) is 6.19. The molecule has 0 aliphatic heterocycles. The molecule has 0 fully saturated rings. The zero-order chi connectivity index (χ0) is 14.1. The molecule has 0 spiro atoms. The van der Waals surface area contributed by atoms with E-state index in [0.29, 0.717) is 17.4 Å². The van der Waals surface area contributed by atoms with Crippen molar-refractivity contribution in [1.82, 2.24) is 5.32 Å². The van der Waals surface area contributed by atoms with E-state index in [1.807, 2.05) is 6.92 Å². The molecule has 1 N–H and O–H groups in total. The number of para-hydroxylation sites is 1. The van der Waals surface area contributed by atoms with Crippen LogP contribution in [0.3, 0.4) is 0 Å². The van der Waals surface area contributed by atoms with Gasteiger partial charge in [0.05, 0.1) is 0 Å². The second-order valence-electron chi connectivity index (χ2n) is 4.70. The molecule has 19 heavy (non-hydrogen) atoms. The molecule has 1 atom stereocenters. The lowest BCUT2D eigenvalue weighted by Crippen LogP contribution is -2.51. The molecular formula is C14H16F3NO. The molecule has 104 valence electrons. The molecule has 1 aromatic carbocycles. The second kappa shape index (κ2) is 4.89. The molecule has 0 saturated carbocycles. The Morgan fingerprint density at radius 1 is 1.21 bits per heavy atom. The van der Waals surface area contributed by atoms with E-state index in [0.717, 1.165) is 6.92 Å². The summed E-state index contributed by atoms with van der Waals surface area (Å²) in [6.45, 7) is 3.20. The van der Waals surface area contributed by atoms with Crippen molar-refractivity contribution < 1.29 is 17.6 Å². The van der Waals surface area contributed by atoms with Crippen molar-refractivity contribution >= 4 is 11.0 Å². The van der Waals surface area contributed by atoms with Gasteiger partial charge in [0.25, 0.3) is 0 Å². The Balaban J connectivity index is 2.48. The van der Waals surface area contributed by atoms with E-state index in [4.69, 9.17) is 4.42 Å². The van der Waals surface area contributed by atoms with Gasteiger partial charge in [-0.1, -0.05) is 25.1 Å². The van der Waals surface area contributed by atoms with E-state index in [2.05, 4.69) is 5.32 Å². The lowest BCUT2D eigenvalue weighted by molar-refractivity contribution is -0.200. The van der Waals surface area contributed by atoms with Crippen LogP contribution in [0.25, 0.3) is 11.0 Å². The van der Waals surface area contributed by atoms with Crippen LogP contribution in [0.1, 0.15) is 26.0 Å². The molecule has 2 rings (SSSR count). The summed E-state index contributed by atoms with van der Waals surface area (Å²) in [5.74, 6) is -0.102. The van der Waals surface area contributed by atoms with E-state index in [-0.39, 0.29) is 12.3 Å².